The highest BCUT2D eigenvalue weighted by atomic mass is 79.9. The Balaban J connectivity index is 1.70. The quantitative estimate of drug-likeness (QED) is 0.753. The van der Waals surface area contributed by atoms with Crippen LogP contribution in [0.5, 0.6) is 0 Å². The van der Waals surface area contributed by atoms with E-state index in [2.05, 4.69) is 15.9 Å². The van der Waals surface area contributed by atoms with Crippen LogP contribution in [-0.2, 0) is 11.3 Å². The zero-order valence-electron chi connectivity index (χ0n) is 16.9. The maximum absolute atomic E-state index is 13.0. The predicted octanol–water partition coefficient (Wildman–Crippen LogP) is 3.94. The molecule has 0 aromatic heterocycles. The van der Waals surface area contributed by atoms with Crippen molar-refractivity contribution in [3.8, 4) is 0 Å². The number of carbonyl (C=O) groups is 2. The summed E-state index contributed by atoms with van der Waals surface area (Å²) < 4.78 is 6.38. The topological polar surface area (TPSA) is 70.1 Å². The second kappa shape index (κ2) is 8.03. The van der Waals surface area contributed by atoms with E-state index >= 15 is 0 Å². The molecule has 28 heavy (non-hydrogen) atoms. The Labute approximate surface area is 175 Å². The summed E-state index contributed by atoms with van der Waals surface area (Å²) in [5, 5.41) is 9.45. The number of rotatable bonds is 3. The number of fused-ring (bicyclic) bond motifs is 2. The lowest BCUT2D eigenvalue weighted by Crippen LogP contribution is -2.53. The van der Waals surface area contributed by atoms with E-state index in [9.17, 15) is 14.7 Å². The molecule has 7 heteroatoms. The molecule has 0 spiro atoms. The molecule has 2 amide bonds. The van der Waals surface area contributed by atoms with Crippen molar-refractivity contribution >= 4 is 27.9 Å². The highest BCUT2D eigenvalue weighted by Gasteiger charge is 2.46. The molecule has 1 aromatic carbocycles. The Kier molecular flexibility index (Phi) is 6.05. The van der Waals surface area contributed by atoms with Gasteiger partial charge in [0.25, 0.3) is 5.91 Å². The molecule has 154 valence electrons. The Bertz CT molecular complexity index is 747. The fourth-order valence-electron chi connectivity index (χ4n) is 4.28. The van der Waals surface area contributed by atoms with Gasteiger partial charge in [0.05, 0.1) is 6.61 Å². The van der Waals surface area contributed by atoms with E-state index in [1.165, 1.54) is 0 Å². The molecular weight excluding hydrogens is 424 g/mol. The third-order valence-corrected chi connectivity index (χ3v) is 6.42. The fraction of sp³-hybridized carbons (Fsp3) is 0.619. The van der Waals surface area contributed by atoms with Crippen LogP contribution in [0.4, 0.5) is 4.79 Å². The van der Waals surface area contributed by atoms with Crippen molar-refractivity contribution in [2.45, 2.75) is 76.8 Å². The normalized spacial score (nSPS) is 24.2. The van der Waals surface area contributed by atoms with Gasteiger partial charge >= 0.3 is 6.09 Å². The van der Waals surface area contributed by atoms with Gasteiger partial charge in [-0.1, -0.05) is 15.9 Å². The molecule has 2 heterocycles. The first kappa shape index (κ1) is 21.1. The monoisotopic (exact) mass is 452 g/mol. The summed E-state index contributed by atoms with van der Waals surface area (Å²) in [7, 11) is 1.83. The molecule has 3 rings (SSSR count). The predicted molar refractivity (Wildman–Crippen MR) is 110 cm³/mol. The largest absolute Gasteiger partial charge is 0.444 e. The Hall–Kier alpha value is -1.60. The van der Waals surface area contributed by atoms with Gasteiger partial charge in [-0.05, 0) is 70.2 Å². The first-order chi connectivity index (χ1) is 13.1. The maximum atomic E-state index is 13.0. The Morgan fingerprint density at radius 3 is 2.39 bits per heavy atom. The molecule has 2 saturated heterocycles. The van der Waals surface area contributed by atoms with Crippen LogP contribution in [-0.4, -0.2) is 57.7 Å². The van der Waals surface area contributed by atoms with E-state index < -0.39 is 5.60 Å². The Morgan fingerprint density at radius 2 is 1.86 bits per heavy atom. The molecule has 2 aliphatic rings. The summed E-state index contributed by atoms with van der Waals surface area (Å²) in [5.41, 5.74) is 0.752. The molecule has 0 saturated carbocycles. The third-order valence-electron chi connectivity index (χ3n) is 5.64. The molecule has 2 aliphatic heterocycles. The van der Waals surface area contributed by atoms with Gasteiger partial charge in [0.1, 0.15) is 5.60 Å². The van der Waals surface area contributed by atoms with Crippen LogP contribution in [0, 0.1) is 0 Å². The third kappa shape index (κ3) is 4.35. The van der Waals surface area contributed by atoms with Gasteiger partial charge in [0.15, 0.2) is 0 Å². The van der Waals surface area contributed by atoms with Crippen LogP contribution in [0.1, 0.15) is 62.4 Å². The number of benzene rings is 1. The lowest BCUT2D eigenvalue weighted by Gasteiger charge is -2.42. The smallest absolute Gasteiger partial charge is 0.410 e. The number of carbonyl (C=O) groups excluding carboxylic acids is 2. The number of ether oxygens (including phenoxy) is 1. The van der Waals surface area contributed by atoms with Gasteiger partial charge in [-0.15, -0.1) is 0 Å². The van der Waals surface area contributed by atoms with E-state index in [0.717, 1.165) is 30.2 Å². The number of aliphatic hydroxyl groups excluding tert-OH is 1. The SMILES string of the molecule is CN(C(=O)c1ccc(Br)c(CO)c1)C1C[C@H]2CC[C@@H](C1)N2C(=O)OC(C)(C)C. The Morgan fingerprint density at radius 1 is 1.25 bits per heavy atom. The van der Waals surface area contributed by atoms with Crippen LogP contribution in [0.3, 0.4) is 0 Å². The average molecular weight is 453 g/mol. The van der Waals surface area contributed by atoms with Crippen molar-refractivity contribution in [2.75, 3.05) is 7.05 Å². The van der Waals surface area contributed by atoms with Crippen LogP contribution in [0.2, 0.25) is 0 Å². The zero-order chi connectivity index (χ0) is 20.6. The second-order valence-electron chi connectivity index (χ2n) is 8.78. The number of nitrogens with zero attached hydrogens (tertiary/aromatic N) is 2. The summed E-state index contributed by atoms with van der Waals surface area (Å²) in [6.07, 6.45) is 3.20. The first-order valence-corrected chi connectivity index (χ1v) is 10.6. The van der Waals surface area contributed by atoms with Crippen LogP contribution in [0.15, 0.2) is 22.7 Å². The summed E-state index contributed by atoms with van der Waals surface area (Å²) in [4.78, 5) is 29.3. The van der Waals surface area contributed by atoms with Crippen molar-refractivity contribution in [1.82, 2.24) is 9.80 Å². The summed E-state index contributed by atoms with van der Waals surface area (Å²) in [6, 6.07) is 5.62. The maximum Gasteiger partial charge on any atom is 0.410 e. The second-order valence-corrected chi connectivity index (χ2v) is 9.63. The highest BCUT2D eigenvalue weighted by Crippen LogP contribution is 2.38. The number of hydrogen-bond acceptors (Lipinski definition) is 4. The number of piperidine rings is 1. The fourth-order valence-corrected chi connectivity index (χ4v) is 4.65. The average Bonchev–Trinajstić information content (AvgIpc) is 2.89. The van der Waals surface area contributed by atoms with E-state index in [4.69, 9.17) is 4.74 Å². The van der Waals surface area contributed by atoms with E-state index in [0.29, 0.717) is 11.1 Å². The molecule has 0 aliphatic carbocycles. The first-order valence-electron chi connectivity index (χ1n) is 9.78. The van der Waals surface area contributed by atoms with Crippen LogP contribution >= 0.6 is 15.9 Å². The number of hydrogen-bond donors (Lipinski definition) is 1. The summed E-state index contributed by atoms with van der Waals surface area (Å²) in [6.45, 7) is 5.52. The van der Waals surface area contributed by atoms with Crippen molar-refractivity contribution in [2.24, 2.45) is 0 Å². The van der Waals surface area contributed by atoms with Gasteiger partial charge in [-0.2, -0.15) is 0 Å². The van der Waals surface area contributed by atoms with Crippen LogP contribution in [0.25, 0.3) is 0 Å². The van der Waals surface area contributed by atoms with Gasteiger partial charge in [-0.3, -0.25) is 4.79 Å². The molecule has 0 radical (unpaired) electrons. The molecular formula is C21H29BrN2O4. The summed E-state index contributed by atoms with van der Waals surface area (Å²) >= 11 is 3.38. The minimum absolute atomic E-state index is 0.0580. The molecule has 2 bridgehead atoms. The summed E-state index contributed by atoms with van der Waals surface area (Å²) in [5.74, 6) is -0.0580. The molecule has 1 aromatic rings. The van der Waals surface area contributed by atoms with Gasteiger partial charge in [0, 0.05) is 35.2 Å². The number of aliphatic hydroxyl groups is 1. The van der Waals surface area contributed by atoms with E-state index in [1.807, 2.05) is 32.7 Å². The highest BCUT2D eigenvalue weighted by molar-refractivity contribution is 9.10. The molecule has 1 unspecified atom stereocenters. The van der Waals surface area contributed by atoms with Crippen molar-refractivity contribution in [1.29, 1.82) is 0 Å². The standard InChI is InChI=1S/C21H29BrN2O4/c1-21(2,3)28-20(27)24-15-6-7-16(24)11-17(10-15)23(4)19(26)13-5-8-18(22)14(9-13)12-25/h5,8-9,15-17,25H,6-7,10-12H2,1-4H3/t15-,16+,17?. The van der Waals surface area contributed by atoms with Crippen molar-refractivity contribution in [3.63, 3.8) is 0 Å². The van der Waals surface area contributed by atoms with Gasteiger partial charge in [0.2, 0.25) is 0 Å². The van der Waals surface area contributed by atoms with Crippen molar-refractivity contribution < 1.29 is 19.4 Å². The molecule has 2 fully saturated rings. The molecule has 3 atom stereocenters. The zero-order valence-corrected chi connectivity index (χ0v) is 18.5. The van der Waals surface area contributed by atoms with Gasteiger partial charge < -0.3 is 19.6 Å². The minimum Gasteiger partial charge on any atom is -0.444 e. The lowest BCUT2D eigenvalue weighted by atomic mass is 9.96. The minimum atomic E-state index is -0.508. The van der Waals surface area contributed by atoms with Crippen LogP contribution < -0.4 is 0 Å². The lowest BCUT2D eigenvalue weighted by molar-refractivity contribution is -0.00111. The van der Waals surface area contributed by atoms with Crippen molar-refractivity contribution in [3.05, 3.63) is 33.8 Å². The molecule has 6 nitrogen and oxygen atoms in total. The van der Waals surface area contributed by atoms with E-state index in [1.54, 1.807) is 23.1 Å². The number of amides is 2. The van der Waals surface area contributed by atoms with E-state index in [-0.39, 0.29) is 36.7 Å². The molecule has 1 N–H and O–H groups in total. The number of halogens is 1. The van der Waals surface area contributed by atoms with Gasteiger partial charge in [-0.25, -0.2) is 4.79 Å².